The number of tetrazole rings is 1. The van der Waals surface area contributed by atoms with E-state index in [1.54, 1.807) is 17.0 Å². The molecule has 0 bridgehead atoms. The SMILES string of the molecule is O=C(Cn1nnc(-c2ccc(F)cc2)n1)N(C1CCCC1)[C@H]1CCS(=O)(=O)C1. The molecule has 1 aromatic heterocycles. The van der Waals surface area contributed by atoms with Gasteiger partial charge in [-0.2, -0.15) is 4.80 Å². The number of carbonyl (C=O) groups excluding carboxylic acids is 1. The van der Waals surface area contributed by atoms with E-state index < -0.39 is 9.84 Å². The maximum absolute atomic E-state index is 13.1. The van der Waals surface area contributed by atoms with Gasteiger partial charge < -0.3 is 4.90 Å². The van der Waals surface area contributed by atoms with Crippen molar-refractivity contribution in [2.75, 3.05) is 11.5 Å². The lowest BCUT2D eigenvalue weighted by atomic mass is 10.1. The first-order valence-electron chi connectivity index (χ1n) is 9.47. The number of hydrogen-bond donors (Lipinski definition) is 0. The molecule has 10 heteroatoms. The normalized spacial score (nSPS) is 21.8. The van der Waals surface area contributed by atoms with Crippen LogP contribution < -0.4 is 0 Å². The molecule has 1 saturated carbocycles. The van der Waals surface area contributed by atoms with Gasteiger partial charge in [-0.1, -0.05) is 12.8 Å². The number of amides is 1. The second kappa shape index (κ2) is 7.57. The van der Waals surface area contributed by atoms with Gasteiger partial charge >= 0.3 is 0 Å². The number of hydrogen-bond acceptors (Lipinski definition) is 6. The molecule has 1 aromatic carbocycles. The van der Waals surface area contributed by atoms with Crippen LogP contribution in [0, 0.1) is 5.82 Å². The van der Waals surface area contributed by atoms with Crippen LogP contribution in [-0.2, 0) is 21.2 Å². The quantitative estimate of drug-likeness (QED) is 0.744. The van der Waals surface area contributed by atoms with Crippen LogP contribution in [0.15, 0.2) is 24.3 Å². The van der Waals surface area contributed by atoms with Crippen molar-refractivity contribution in [3.63, 3.8) is 0 Å². The van der Waals surface area contributed by atoms with Gasteiger partial charge in [-0.05, 0) is 48.7 Å². The van der Waals surface area contributed by atoms with E-state index in [9.17, 15) is 17.6 Å². The van der Waals surface area contributed by atoms with Crippen molar-refractivity contribution >= 4 is 15.7 Å². The van der Waals surface area contributed by atoms with Crippen molar-refractivity contribution in [1.29, 1.82) is 0 Å². The van der Waals surface area contributed by atoms with Gasteiger partial charge in [0.1, 0.15) is 12.4 Å². The molecule has 8 nitrogen and oxygen atoms in total. The van der Waals surface area contributed by atoms with E-state index in [0.29, 0.717) is 17.8 Å². The Morgan fingerprint density at radius 2 is 1.86 bits per heavy atom. The maximum Gasteiger partial charge on any atom is 0.246 e. The summed E-state index contributed by atoms with van der Waals surface area (Å²) in [4.78, 5) is 16.0. The summed E-state index contributed by atoms with van der Waals surface area (Å²) < 4.78 is 36.9. The first kappa shape index (κ1) is 19.0. The van der Waals surface area contributed by atoms with Crippen molar-refractivity contribution < 1.29 is 17.6 Å². The number of benzene rings is 1. The molecule has 1 aliphatic heterocycles. The molecule has 2 aliphatic rings. The van der Waals surface area contributed by atoms with Crippen molar-refractivity contribution in [3.8, 4) is 11.4 Å². The average molecular weight is 407 g/mol. The lowest BCUT2D eigenvalue weighted by molar-refractivity contribution is -0.136. The molecular weight excluding hydrogens is 385 g/mol. The molecule has 28 heavy (non-hydrogen) atoms. The van der Waals surface area contributed by atoms with E-state index in [2.05, 4.69) is 15.4 Å². The lowest BCUT2D eigenvalue weighted by Gasteiger charge is -2.33. The number of rotatable bonds is 5. The Morgan fingerprint density at radius 3 is 2.50 bits per heavy atom. The van der Waals surface area contributed by atoms with Crippen LogP contribution in [-0.4, -0.2) is 63.0 Å². The first-order chi connectivity index (χ1) is 13.4. The van der Waals surface area contributed by atoms with Gasteiger partial charge in [-0.25, -0.2) is 12.8 Å². The highest BCUT2D eigenvalue weighted by molar-refractivity contribution is 7.91. The molecule has 0 radical (unpaired) electrons. The summed E-state index contributed by atoms with van der Waals surface area (Å²) in [6.07, 6.45) is 4.37. The third-order valence-corrected chi connectivity index (χ3v) is 7.19. The standard InChI is InChI=1S/C18H22FN5O3S/c19-14-7-5-13(6-8-14)18-20-22-23(21-18)11-17(25)24(15-3-1-2-4-15)16-9-10-28(26,27)12-16/h5-8,15-16H,1-4,9-12H2/t16-/m0/s1. The fourth-order valence-electron chi connectivity index (χ4n) is 4.11. The van der Waals surface area contributed by atoms with Gasteiger partial charge in [0.25, 0.3) is 0 Å². The predicted molar refractivity (Wildman–Crippen MR) is 99.4 cm³/mol. The highest BCUT2D eigenvalue weighted by Gasteiger charge is 2.39. The molecule has 1 aliphatic carbocycles. The van der Waals surface area contributed by atoms with Gasteiger partial charge in [0, 0.05) is 17.6 Å². The minimum Gasteiger partial charge on any atom is -0.334 e. The molecule has 0 spiro atoms. The van der Waals surface area contributed by atoms with Crippen LogP contribution >= 0.6 is 0 Å². The second-order valence-corrected chi connectivity index (χ2v) is 9.68. The third-order valence-electron chi connectivity index (χ3n) is 5.44. The molecule has 0 N–H and O–H groups in total. The molecule has 1 atom stereocenters. The number of aromatic nitrogens is 4. The second-order valence-electron chi connectivity index (χ2n) is 7.45. The number of halogens is 1. The van der Waals surface area contributed by atoms with Crippen LogP contribution in [0.1, 0.15) is 32.1 Å². The molecule has 2 aromatic rings. The highest BCUT2D eigenvalue weighted by atomic mass is 32.2. The Labute approximate surface area is 162 Å². The first-order valence-corrected chi connectivity index (χ1v) is 11.3. The van der Waals surface area contributed by atoms with Crippen LogP contribution in [0.3, 0.4) is 0 Å². The van der Waals surface area contributed by atoms with E-state index in [0.717, 1.165) is 25.7 Å². The molecule has 4 rings (SSSR count). The number of sulfone groups is 1. The van der Waals surface area contributed by atoms with Crippen molar-refractivity contribution in [2.24, 2.45) is 0 Å². The lowest BCUT2D eigenvalue weighted by Crippen LogP contribution is -2.48. The van der Waals surface area contributed by atoms with E-state index in [1.165, 1.54) is 16.9 Å². The summed E-state index contributed by atoms with van der Waals surface area (Å²) in [5, 5.41) is 12.1. The van der Waals surface area contributed by atoms with Crippen LogP contribution in [0.2, 0.25) is 0 Å². The summed E-state index contributed by atoms with van der Waals surface area (Å²) in [6, 6.07) is 5.51. The molecule has 1 saturated heterocycles. The van der Waals surface area contributed by atoms with Crippen LogP contribution in [0.25, 0.3) is 11.4 Å². The highest BCUT2D eigenvalue weighted by Crippen LogP contribution is 2.29. The van der Waals surface area contributed by atoms with Gasteiger partial charge in [0.15, 0.2) is 9.84 Å². The Morgan fingerprint density at radius 1 is 1.14 bits per heavy atom. The summed E-state index contributed by atoms with van der Waals surface area (Å²) in [5.41, 5.74) is 0.606. The van der Waals surface area contributed by atoms with E-state index in [4.69, 9.17) is 0 Å². The largest absolute Gasteiger partial charge is 0.334 e. The summed E-state index contributed by atoms with van der Waals surface area (Å²) in [5.74, 6) is -0.0727. The zero-order valence-electron chi connectivity index (χ0n) is 15.4. The topological polar surface area (TPSA) is 98.1 Å². The molecular formula is C18H22FN5O3S. The number of nitrogens with zero attached hydrogens (tertiary/aromatic N) is 5. The Bertz CT molecular complexity index is 954. The summed E-state index contributed by atoms with van der Waals surface area (Å²) >= 11 is 0. The maximum atomic E-state index is 13.1. The Kier molecular flexibility index (Phi) is 5.13. The van der Waals surface area contributed by atoms with Crippen molar-refractivity contribution in [3.05, 3.63) is 30.1 Å². The van der Waals surface area contributed by atoms with E-state index >= 15 is 0 Å². The van der Waals surface area contributed by atoms with Gasteiger partial charge in [0.05, 0.1) is 11.5 Å². The minimum absolute atomic E-state index is 0.0286. The van der Waals surface area contributed by atoms with Crippen LogP contribution in [0.4, 0.5) is 4.39 Å². The van der Waals surface area contributed by atoms with Crippen molar-refractivity contribution in [2.45, 2.75) is 50.7 Å². The fourth-order valence-corrected chi connectivity index (χ4v) is 5.82. The van der Waals surface area contributed by atoms with Gasteiger partial charge in [-0.3, -0.25) is 4.79 Å². The Balaban J connectivity index is 1.50. The van der Waals surface area contributed by atoms with E-state index in [1.807, 2.05) is 0 Å². The zero-order chi connectivity index (χ0) is 19.7. The zero-order valence-corrected chi connectivity index (χ0v) is 16.2. The summed E-state index contributed by atoms with van der Waals surface area (Å²) in [6.45, 7) is -0.0960. The van der Waals surface area contributed by atoms with Gasteiger partial charge in [0.2, 0.25) is 11.7 Å². The number of carbonyl (C=O) groups is 1. The third kappa shape index (κ3) is 4.06. The Hall–Kier alpha value is -2.36. The van der Waals surface area contributed by atoms with E-state index in [-0.39, 0.29) is 41.9 Å². The fraction of sp³-hybridized carbons (Fsp3) is 0.556. The predicted octanol–water partition coefficient (Wildman–Crippen LogP) is 1.44. The summed E-state index contributed by atoms with van der Waals surface area (Å²) in [7, 11) is -3.09. The molecule has 2 heterocycles. The molecule has 1 amide bonds. The monoisotopic (exact) mass is 407 g/mol. The average Bonchev–Trinajstić information content (AvgIpc) is 3.38. The van der Waals surface area contributed by atoms with Crippen LogP contribution in [0.5, 0.6) is 0 Å². The smallest absolute Gasteiger partial charge is 0.246 e. The molecule has 150 valence electrons. The minimum atomic E-state index is -3.09. The molecule has 2 fully saturated rings. The van der Waals surface area contributed by atoms with Gasteiger partial charge in [-0.15, -0.1) is 10.2 Å². The molecule has 0 unspecified atom stereocenters. The van der Waals surface area contributed by atoms with Crippen molar-refractivity contribution in [1.82, 2.24) is 25.1 Å².